The largest absolute Gasteiger partial charge is 0.347 e. The van der Waals surface area contributed by atoms with Crippen LogP contribution >= 0.6 is 0 Å². The second kappa shape index (κ2) is 5.90. The Morgan fingerprint density at radius 1 is 1.25 bits per heavy atom. The first-order valence-electron chi connectivity index (χ1n) is 5.71. The van der Waals surface area contributed by atoms with Crippen molar-refractivity contribution < 1.29 is 29.4 Å². The number of ether oxygens (including phenoxy) is 2. The molecule has 1 N–H and O–H groups in total. The third kappa shape index (κ3) is 3.13. The van der Waals surface area contributed by atoms with Crippen LogP contribution in [0.2, 0.25) is 0 Å². The quantitative estimate of drug-likeness (QED) is 0.444. The van der Waals surface area contributed by atoms with Gasteiger partial charge in [0.2, 0.25) is 5.79 Å². The Balaban J connectivity index is 1.69. The van der Waals surface area contributed by atoms with Gasteiger partial charge in [-0.15, -0.1) is 0 Å². The smallest absolute Gasteiger partial charge is 0.201 e. The van der Waals surface area contributed by atoms with Crippen LogP contribution in [0, 0.1) is 0 Å². The standard InChI is InChI=1S/C10H18O6/c11-16-10(5-2-1-3-6-10)13-7-4-9-12-8-14-15-9/h9,11H,1-8H2. The van der Waals surface area contributed by atoms with E-state index in [0.29, 0.717) is 13.0 Å². The zero-order valence-electron chi connectivity index (χ0n) is 9.22. The Morgan fingerprint density at radius 2 is 2.06 bits per heavy atom. The van der Waals surface area contributed by atoms with Gasteiger partial charge < -0.3 is 9.47 Å². The lowest BCUT2D eigenvalue weighted by molar-refractivity contribution is -0.413. The summed E-state index contributed by atoms with van der Waals surface area (Å²) in [7, 11) is 0. The van der Waals surface area contributed by atoms with Crippen LogP contribution in [0.15, 0.2) is 0 Å². The summed E-state index contributed by atoms with van der Waals surface area (Å²) in [6.07, 6.45) is 4.83. The van der Waals surface area contributed by atoms with Gasteiger partial charge in [-0.2, -0.15) is 0 Å². The van der Waals surface area contributed by atoms with E-state index in [2.05, 4.69) is 9.78 Å². The van der Waals surface area contributed by atoms with Crippen LogP contribution in [0.4, 0.5) is 0 Å². The Morgan fingerprint density at radius 3 is 2.69 bits per heavy atom. The second-order valence-electron chi connectivity index (χ2n) is 4.13. The SMILES string of the molecule is OOC1(OCCC2OCOO2)CCCCC1. The first kappa shape index (κ1) is 12.2. The Kier molecular flexibility index (Phi) is 4.51. The summed E-state index contributed by atoms with van der Waals surface area (Å²) in [4.78, 5) is 13.9. The highest BCUT2D eigenvalue weighted by atomic mass is 17.3. The maximum atomic E-state index is 8.92. The van der Waals surface area contributed by atoms with Crippen molar-refractivity contribution in [3.05, 3.63) is 0 Å². The number of rotatable bonds is 5. The Hall–Kier alpha value is -0.240. The lowest BCUT2D eigenvalue weighted by Gasteiger charge is -2.33. The maximum absolute atomic E-state index is 8.92. The van der Waals surface area contributed by atoms with Gasteiger partial charge in [0, 0.05) is 19.3 Å². The fourth-order valence-electron chi connectivity index (χ4n) is 2.06. The molecule has 1 saturated heterocycles. The highest BCUT2D eigenvalue weighted by Crippen LogP contribution is 2.32. The molecule has 1 aliphatic carbocycles. The summed E-state index contributed by atoms with van der Waals surface area (Å²) >= 11 is 0. The first-order chi connectivity index (χ1) is 7.85. The van der Waals surface area contributed by atoms with Crippen LogP contribution in [0.25, 0.3) is 0 Å². The highest BCUT2D eigenvalue weighted by molar-refractivity contribution is 4.74. The van der Waals surface area contributed by atoms with Gasteiger partial charge in [-0.05, 0) is 12.8 Å². The molecule has 0 radical (unpaired) electrons. The fourth-order valence-corrected chi connectivity index (χ4v) is 2.06. The number of hydrogen-bond acceptors (Lipinski definition) is 6. The van der Waals surface area contributed by atoms with E-state index in [9.17, 15) is 0 Å². The van der Waals surface area contributed by atoms with E-state index in [-0.39, 0.29) is 13.1 Å². The van der Waals surface area contributed by atoms with Crippen molar-refractivity contribution in [2.75, 3.05) is 13.4 Å². The summed E-state index contributed by atoms with van der Waals surface area (Å²) < 4.78 is 10.7. The minimum Gasteiger partial charge on any atom is -0.347 e. The molecule has 1 atom stereocenters. The second-order valence-corrected chi connectivity index (χ2v) is 4.13. The molecule has 0 aromatic heterocycles. The lowest BCUT2D eigenvalue weighted by Crippen LogP contribution is -2.38. The van der Waals surface area contributed by atoms with Crippen molar-refractivity contribution in [3.8, 4) is 0 Å². The predicted molar refractivity (Wildman–Crippen MR) is 52.0 cm³/mol. The molecular weight excluding hydrogens is 216 g/mol. The van der Waals surface area contributed by atoms with E-state index < -0.39 is 5.79 Å². The first-order valence-corrected chi connectivity index (χ1v) is 5.71. The molecule has 0 bridgehead atoms. The molecule has 1 unspecified atom stereocenters. The summed E-state index contributed by atoms with van der Waals surface area (Å²) in [6, 6.07) is 0. The molecule has 1 saturated carbocycles. The van der Waals surface area contributed by atoms with Gasteiger partial charge >= 0.3 is 0 Å². The molecule has 94 valence electrons. The third-order valence-electron chi connectivity index (χ3n) is 2.98. The fraction of sp³-hybridized carbons (Fsp3) is 1.00. The van der Waals surface area contributed by atoms with Gasteiger partial charge in [-0.3, -0.25) is 0 Å². The molecule has 0 aromatic rings. The summed E-state index contributed by atoms with van der Waals surface area (Å²) in [6.45, 7) is 0.570. The molecule has 6 heteroatoms. The summed E-state index contributed by atoms with van der Waals surface area (Å²) in [5, 5.41) is 8.92. The monoisotopic (exact) mass is 234 g/mol. The van der Waals surface area contributed by atoms with Crippen LogP contribution in [0.1, 0.15) is 38.5 Å². The van der Waals surface area contributed by atoms with Crippen LogP contribution in [-0.4, -0.2) is 30.7 Å². The van der Waals surface area contributed by atoms with Crippen LogP contribution in [0.5, 0.6) is 0 Å². The van der Waals surface area contributed by atoms with Gasteiger partial charge in [-0.1, -0.05) is 6.42 Å². The molecule has 1 aliphatic heterocycles. The predicted octanol–water partition coefficient (Wildman–Crippen LogP) is 1.81. The minimum atomic E-state index is -0.822. The van der Waals surface area contributed by atoms with Crippen molar-refractivity contribution >= 4 is 0 Å². The Labute approximate surface area is 94.2 Å². The molecule has 2 fully saturated rings. The molecular formula is C10H18O6. The zero-order valence-corrected chi connectivity index (χ0v) is 9.22. The normalized spacial score (nSPS) is 29.4. The van der Waals surface area contributed by atoms with Crippen LogP contribution in [0.3, 0.4) is 0 Å². The average molecular weight is 234 g/mol. The molecule has 2 aliphatic rings. The van der Waals surface area contributed by atoms with E-state index in [1.807, 2.05) is 0 Å². The average Bonchev–Trinajstić information content (AvgIpc) is 2.83. The van der Waals surface area contributed by atoms with Crippen molar-refractivity contribution in [3.63, 3.8) is 0 Å². The molecule has 0 aromatic carbocycles. The molecule has 0 amide bonds. The molecule has 1 heterocycles. The molecule has 16 heavy (non-hydrogen) atoms. The van der Waals surface area contributed by atoms with E-state index >= 15 is 0 Å². The van der Waals surface area contributed by atoms with E-state index in [4.69, 9.17) is 19.6 Å². The van der Waals surface area contributed by atoms with Crippen molar-refractivity contribution in [2.24, 2.45) is 0 Å². The van der Waals surface area contributed by atoms with E-state index in [1.165, 1.54) is 0 Å². The topological polar surface area (TPSA) is 66.4 Å². The molecule has 2 rings (SSSR count). The van der Waals surface area contributed by atoms with Crippen LogP contribution in [-0.2, 0) is 24.1 Å². The van der Waals surface area contributed by atoms with Crippen molar-refractivity contribution in [1.82, 2.24) is 0 Å². The van der Waals surface area contributed by atoms with Crippen molar-refractivity contribution in [2.45, 2.75) is 50.6 Å². The highest BCUT2D eigenvalue weighted by Gasteiger charge is 2.35. The molecule has 6 nitrogen and oxygen atoms in total. The van der Waals surface area contributed by atoms with E-state index in [0.717, 1.165) is 32.1 Å². The number of hydrogen-bond donors (Lipinski definition) is 1. The van der Waals surface area contributed by atoms with Gasteiger partial charge in [0.1, 0.15) is 0 Å². The third-order valence-corrected chi connectivity index (χ3v) is 2.98. The Bertz CT molecular complexity index is 197. The zero-order chi connectivity index (χ0) is 11.3. The van der Waals surface area contributed by atoms with Gasteiger partial charge in [0.15, 0.2) is 13.1 Å². The summed E-state index contributed by atoms with van der Waals surface area (Å²) in [5.74, 6) is -0.822. The minimum absolute atomic E-state index is 0.159. The summed E-state index contributed by atoms with van der Waals surface area (Å²) in [5.41, 5.74) is 0. The van der Waals surface area contributed by atoms with Gasteiger partial charge in [-0.25, -0.2) is 19.9 Å². The van der Waals surface area contributed by atoms with Gasteiger partial charge in [0.25, 0.3) is 0 Å². The lowest BCUT2D eigenvalue weighted by atomic mass is 9.94. The van der Waals surface area contributed by atoms with Crippen molar-refractivity contribution in [1.29, 1.82) is 0 Å². The molecule has 0 spiro atoms. The maximum Gasteiger partial charge on any atom is 0.201 e. The van der Waals surface area contributed by atoms with Gasteiger partial charge in [0.05, 0.1) is 6.61 Å². The van der Waals surface area contributed by atoms with Crippen LogP contribution < -0.4 is 0 Å². The van der Waals surface area contributed by atoms with E-state index in [1.54, 1.807) is 0 Å².